The molecule has 0 saturated carbocycles. The third kappa shape index (κ3) is 6.92. The van der Waals surface area contributed by atoms with E-state index in [1.807, 2.05) is 72.8 Å². The molecule has 0 aromatic heterocycles. The number of hydrogen-bond acceptors (Lipinski definition) is 7. The molecule has 0 bridgehead atoms. The van der Waals surface area contributed by atoms with Crippen molar-refractivity contribution in [1.82, 2.24) is 9.80 Å². The number of hydrogen-bond donors (Lipinski definition) is 3. The minimum atomic E-state index is -0.518. The fourth-order valence-corrected chi connectivity index (χ4v) is 6.03. The molecule has 2 aliphatic heterocycles. The summed E-state index contributed by atoms with van der Waals surface area (Å²) in [5, 5.41) is 10.7. The molecule has 0 aliphatic carbocycles. The molecular weight excluding hydrogens is 510 g/mol. The molecular formula is C30H35N5O3S. The second-order valence-electron chi connectivity index (χ2n) is 9.98. The second kappa shape index (κ2) is 12.5. The van der Waals surface area contributed by atoms with Gasteiger partial charge in [0.1, 0.15) is 18.2 Å². The van der Waals surface area contributed by atoms with Gasteiger partial charge in [0.2, 0.25) is 0 Å². The van der Waals surface area contributed by atoms with Crippen LogP contribution in [0.4, 0.5) is 10.5 Å². The van der Waals surface area contributed by atoms with Crippen molar-refractivity contribution in [3.05, 3.63) is 89.5 Å². The molecule has 9 heteroatoms. The molecule has 8 nitrogen and oxygen atoms in total. The summed E-state index contributed by atoms with van der Waals surface area (Å²) in [4.78, 5) is 18.7. The molecule has 2 unspecified atom stereocenters. The highest BCUT2D eigenvalue weighted by Gasteiger charge is 2.29. The van der Waals surface area contributed by atoms with E-state index in [4.69, 9.17) is 20.6 Å². The number of para-hydroxylation sites is 1. The van der Waals surface area contributed by atoms with E-state index in [-0.39, 0.29) is 17.7 Å². The number of carbonyl (C=O) groups is 1. The van der Waals surface area contributed by atoms with Crippen LogP contribution in [0.15, 0.2) is 77.7 Å². The number of nitrogens with two attached hydrogens (primary N) is 1. The summed E-state index contributed by atoms with van der Waals surface area (Å²) in [6.07, 6.45) is -0.375. The molecule has 4 N–H and O–H groups in total. The van der Waals surface area contributed by atoms with Crippen molar-refractivity contribution in [3.63, 3.8) is 0 Å². The van der Waals surface area contributed by atoms with Crippen LogP contribution in [0.2, 0.25) is 0 Å². The summed E-state index contributed by atoms with van der Waals surface area (Å²) in [5.74, 6) is 0.883. The van der Waals surface area contributed by atoms with Crippen LogP contribution in [0.3, 0.4) is 0 Å². The standard InChI is InChI=1S/C30H35N5O3S/c1-34-14-16-35(17-15-34)19-22-10-5-6-11-24(22)33-30(36)37-20-26(21-8-3-2-4-9-21)38-25-12-7-13-27-23(25)18-28(39-27)29(31)32/h2-13,26,28H,14-20H2,1H3,(H3,31,32)(H,33,36). The molecule has 204 valence electrons. The number of rotatable bonds is 9. The van der Waals surface area contributed by atoms with Gasteiger partial charge in [0, 0.05) is 48.9 Å². The van der Waals surface area contributed by atoms with Gasteiger partial charge in [0.15, 0.2) is 6.10 Å². The van der Waals surface area contributed by atoms with Crippen LogP contribution in [-0.4, -0.2) is 66.8 Å². The predicted molar refractivity (Wildman–Crippen MR) is 156 cm³/mol. The zero-order valence-electron chi connectivity index (χ0n) is 22.1. The van der Waals surface area contributed by atoms with E-state index < -0.39 is 12.2 Å². The summed E-state index contributed by atoms with van der Waals surface area (Å²) in [5.41, 5.74) is 9.55. The first kappa shape index (κ1) is 27.1. The Hall–Kier alpha value is -3.53. The fourth-order valence-electron chi connectivity index (χ4n) is 4.86. The lowest BCUT2D eigenvalue weighted by molar-refractivity contribution is 0.0893. The van der Waals surface area contributed by atoms with Gasteiger partial charge >= 0.3 is 6.09 Å². The van der Waals surface area contributed by atoms with Gasteiger partial charge in [-0.25, -0.2) is 4.79 Å². The fraction of sp³-hybridized carbons (Fsp3) is 0.333. The van der Waals surface area contributed by atoms with Gasteiger partial charge in [-0.15, -0.1) is 11.8 Å². The van der Waals surface area contributed by atoms with E-state index in [1.54, 1.807) is 11.8 Å². The van der Waals surface area contributed by atoms with Crippen molar-refractivity contribution >= 4 is 29.4 Å². The average molecular weight is 546 g/mol. The van der Waals surface area contributed by atoms with E-state index in [9.17, 15) is 4.79 Å². The van der Waals surface area contributed by atoms with Crippen LogP contribution in [0.25, 0.3) is 0 Å². The molecule has 0 spiro atoms. The lowest BCUT2D eigenvalue weighted by Gasteiger charge is -2.32. The van der Waals surface area contributed by atoms with Crippen LogP contribution < -0.4 is 15.8 Å². The molecule has 5 rings (SSSR count). The molecule has 2 heterocycles. The maximum absolute atomic E-state index is 12.9. The number of fused-ring (bicyclic) bond motifs is 1. The highest BCUT2D eigenvalue weighted by atomic mass is 32.2. The lowest BCUT2D eigenvalue weighted by Crippen LogP contribution is -2.44. The predicted octanol–water partition coefficient (Wildman–Crippen LogP) is 4.76. The summed E-state index contributed by atoms with van der Waals surface area (Å²) < 4.78 is 12.2. The first-order valence-corrected chi connectivity index (χ1v) is 14.1. The Morgan fingerprint density at radius 3 is 2.56 bits per heavy atom. The van der Waals surface area contributed by atoms with Crippen LogP contribution in [0.5, 0.6) is 5.75 Å². The van der Waals surface area contributed by atoms with E-state index in [2.05, 4.69) is 22.2 Å². The number of amides is 1. The van der Waals surface area contributed by atoms with E-state index >= 15 is 0 Å². The minimum Gasteiger partial charge on any atom is -0.482 e. The Morgan fingerprint density at radius 2 is 1.79 bits per heavy atom. The van der Waals surface area contributed by atoms with Gasteiger partial charge in [-0.05, 0) is 42.8 Å². The summed E-state index contributed by atoms with van der Waals surface area (Å²) >= 11 is 1.58. The molecule has 1 saturated heterocycles. The summed E-state index contributed by atoms with van der Waals surface area (Å²) in [6, 6.07) is 23.5. The van der Waals surface area contributed by atoms with Crippen molar-refractivity contribution in [2.45, 2.75) is 29.2 Å². The van der Waals surface area contributed by atoms with Gasteiger partial charge in [0.05, 0.1) is 5.25 Å². The third-order valence-electron chi connectivity index (χ3n) is 7.15. The summed E-state index contributed by atoms with van der Waals surface area (Å²) in [6.45, 7) is 4.90. The largest absolute Gasteiger partial charge is 0.482 e. The molecule has 3 aromatic carbocycles. The van der Waals surface area contributed by atoms with Crippen molar-refractivity contribution < 1.29 is 14.3 Å². The van der Waals surface area contributed by atoms with Crippen molar-refractivity contribution in [3.8, 4) is 5.75 Å². The maximum atomic E-state index is 12.9. The normalized spacial score (nSPS) is 18.2. The molecule has 1 fully saturated rings. The van der Waals surface area contributed by atoms with Gasteiger partial charge in [-0.3, -0.25) is 15.6 Å². The van der Waals surface area contributed by atoms with Crippen molar-refractivity contribution in [2.24, 2.45) is 5.73 Å². The quantitative estimate of drug-likeness (QED) is 0.263. The van der Waals surface area contributed by atoms with Crippen LogP contribution in [0, 0.1) is 5.41 Å². The Morgan fingerprint density at radius 1 is 1.05 bits per heavy atom. The maximum Gasteiger partial charge on any atom is 0.411 e. The minimum absolute atomic E-state index is 0.0451. The zero-order chi connectivity index (χ0) is 27.2. The Labute approximate surface area is 234 Å². The molecule has 39 heavy (non-hydrogen) atoms. The van der Waals surface area contributed by atoms with Crippen LogP contribution in [-0.2, 0) is 17.7 Å². The van der Waals surface area contributed by atoms with Crippen LogP contribution >= 0.6 is 11.8 Å². The first-order chi connectivity index (χ1) is 19.0. The van der Waals surface area contributed by atoms with Gasteiger partial charge in [0.25, 0.3) is 0 Å². The number of ether oxygens (including phenoxy) is 2. The SMILES string of the molecule is CN1CCN(Cc2ccccc2NC(=O)OCC(Oc2cccc3c2CC(C(=N)N)S3)c2ccccc2)CC1. The Balaban J connectivity index is 1.25. The number of anilines is 1. The molecule has 0 radical (unpaired) electrons. The van der Waals surface area contributed by atoms with E-state index in [0.717, 1.165) is 65.7 Å². The number of nitrogens with zero attached hydrogens (tertiary/aromatic N) is 2. The summed E-state index contributed by atoms with van der Waals surface area (Å²) in [7, 11) is 2.14. The van der Waals surface area contributed by atoms with E-state index in [0.29, 0.717) is 6.42 Å². The number of carbonyl (C=O) groups excluding carboxylic acids is 1. The lowest BCUT2D eigenvalue weighted by atomic mass is 10.1. The van der Waals surface area contributed by atoms with E-state index in [1.165, 1.54) is 0 Å². The van der Waals surface area contributed by atoms with Crippen molar-refractivity contribution in [2.75, 3.05) is 45.2 Å². The van der Waals surface area contributed by atoms with Crippen LogP contribution in [0.1, 0.15) is 22.8 Å². The van der Waals surface area contributed by atoms with Gasteiger partial charge in [-0.1, -0.05) is 54.6 Å². The molecule has 2 aliphatic rings. The molecule has 3 aromatic rings. The average Bonchev–Trinajstić information content (AvgIpc) is 3.40. The third-order valence-corrected chi connectivity index (χ3v) is 8.49. The smallest absolute Gasteiger partial charge is 0.411 e. The number of likely N-dealkylation sites (N-methyl/N-ethyl adjacent to an activating group) is 1. The number of amidine groups is 1. The topological polar surface area (TPSA) is 104 Å². The number of thioether (sulfide) groups is 1. The molecule has 2 atom stereocenters. The monoisotopic (exact) mass is 545 g/mol. The Bertz CT molecular complexity index is 1300. The number of nitrogens with one attached hydrogen (secondary N) is 2. The van der Waals surface area contributed by atoms with Crippen molar-refractivity contribution in [1.29, 1.82) is 5.41 Å². The molecule has 1 amide bonds. The number of benzene rings is 3. The highest BCUT2D eigenvalue weighted by molar-refractivity contribution is 8.01. The van der Waals surface area contributed by atoms with Gasteiger partial charge < -0.3 is 20.1 Å². The van der Waals surface area contributed by atoms with Gasteiger partial charge in [-0.2, -0.15) is 0 Å². The number of piperazine rings is 1. The second-order valence-corrected chi connectivity index (χ2v) is 11.2. The Kier molecular flexibility index (Phi) is 8.71. The zero-order valence-corrected chi connectivity index (χ0v) is 23.0. The first-order valence-electron chi connectivity index (χ1n) is 13.2. The highest BCUT2D eigenvalue weighted by Crippen LogP contribution is 2.42.